The van der Waals surface area contributed by atoms with Gasteiger partial charge in [-0.1, -0.05) is 42.5 Å². The monoisotopic (exact) mass is 474 g/mol. The van der Waals surface area contributed by atoms with Crippen LogP contribution in [0.15, 0.2) is 54.6 Å². The molecule has 1 saturated heterocycles. The van der Waals surface area contributed by atoms with Crippen molar-refractivity contribution in [3.63, 3.8) is 0 Å². The largest absolute Gasteiger partial charge is 0.497 e. The highest BCUT2D eigenvalue weighted by molar-refractivity contribution is 5.66. The quantitative estimate of drug-likeness (QED) is 0.519. The summed E-state index contributed by atoms with van der Waals surface area (Å²) in [7, 11) is 1.58. The van der Waals surface area contributed by atoms with E-state index in [0.717, 1.165) is 11.1 Å². The van der Waals surface area contributed by atoms with Crippen molar-refractivity contribution >= 4 is 11.9 Å². The summed E-state index contributed by atoms with van der Waals surface area (Å²) < 4.78 is 33.5. The maximum Gasteiger partial charge on any atom is 0.303 e. The first-order chi connectivity index (χ1) is 16.4. The van der Waals surface area contributed by atoms with Gasteiger partial charge >= 0.3 is 11.9 Å². The number of hydrogen-bond acceptors (Lipinski definition) is 9. The van der Waals surface area contributed by atoms with Gasteiger partial charge in [-0.3, -0.25) is 9.59 Å². The smallest absolute Gasteiger partial charge is 0.303 e. The molecule has 0 aliphatic carbocycles. The van der Waals surface area contributed by atoms with Gasteiger partial charge in [-0.15, -0.1) is 0 Å². The van der Waals surface area contributed by atoms with Crippen LogP contribution in [-0.4, -0.2) is 61.5 Å². The Kier molecular flexibility index (Phi) is 9.41. The molecule has 1 aliphatic heterocycles. The third-order valence-corrected chi connectivity index (χ3v) is 5.25. The molecule has 184 valence electrons. The molecule has 0 radical (unpaired) electrons. The number of aliphatic hydroxyl groups excluding tert-OH is 1. The van der Waals surface area contributed by atoms with E-state index in [1.54, 1.807) is 19.2 Å². The van der Waals surface area contributed by atoms with Gasteiger partial charge < -0.3 is 33.5 Å². The molecule has 0 amide bonds. The van der Waals surface area contributed by atoms with Gasteiger partial charge in [-0.05, 0) is 23.3 Å². The van der Waals surface area contributed by atoms with E-state index in [-0.39, 0.29) is 19.8 Å². The summed E-state index contributed by atoms with van der Waals surface area (Å²) in [5.74, 6) is -0.392. The molecule has 1 N–H and O–H groups in total. The Bertz CT molecular complexity index is 916. The number of rotatable bonds is 10. The molecule has 5 atom stereocenters. The Morgan fingerprint density at radius 2 is 1.47 bits per heavy atom. The molecule has 1 heterocycles. The van der Waals surface area contributed by atoms with Gasteiger partial charge in [0.05, 0.1) is 20.3 Å². The zero-order valence-electron chi connectivity index (χ0n) is 19.4. The third-order valence-electron chi connectivity index (χ3n) is 5.25. The lowest BCUT2D eigenvalue weighted by Gasteiger charge is -2.43. The topological polar surface area (TPSA) is 110 Å². The third kappa shape index (κ3) is 7.26. The minimum atomic E-state index is -1.41. The predicted molar refractivity (Wildman–Crippen MR) is 120 cm³/mol. The number of benzene rings is 2. The first kappa shape index (κ1) is 25.6. The van der Waals surface area contributed by atoms with Crippen LogP contribution in [-0.2, 0) is 46.5 Å². The number of methoxy groups -OCH3 is 1. The Morgan fingerprint density at radius 1 is 0.853 bits per heavy atom. The van der Waals surface area contributed by atoms with E-state index in [0.29, 0.717) is 5.75 Å². The van der Waals surface area contributed by atoms with Crippen LogP contribution in [0.25, 0.3) is 0 Å². The Morgan fingerprint density at radius 3 is 2.06 bits per heavy atom. The van der Waals surface area contributed by atoms with Gasteiger partial charge in [-0.2, -0.15) is 0 Å². The summed E-state index contributed by atoms with van der Waals surface area (Å²) in [4.78, 5) is 23.2. The van der Waals surface area contributed by atoms with E-state index in [9.17, 15) is 14.7 Å². The summed E-state index contributed by atoms with van der Waals surface area (Å²) in [5, 5.41) is 10.8. The van der Waals surface area contributed by atoms with Gasteiger partial charge in [0.1, 0.15) is 30.7 Å². The molecular formula is C25H30O9. The lowest BCUT2D eigenvalue weighted by atomic mass is 9.98. The zero-order chi connectivity index (χ0) is 24.5. The van der Waals surface area contributed by atoms with Gasteiger partial charge in [0.25, 0.3) is 0 Å². The molecule has 3 rings (SSSR count). The van der Waals surface area contributed by atoms with Gasteiger partial charge in [0.2, 0.25) is 0 Å². The van der Waals surface area contributed by atoms with Crippen LogP contribution in [0.1, 0.15) is 25.0 Å². The SMILES string of the molecule is COc1ccc(CO[C@@H]2[C@@H](OCc3ccccc3)[C@@H](OC(C)=O)[C@@H](COC(C)=O)O[C@H]2O)cc1. The highest BCUT2D eigenvalue weighted by atomic mass is 16.7. The number of carbonyl (C=O) groups excluding carboxylic acids is 2. The van der Waals surface area contributed by atoms with Crippen LogP contribution in [0.5, 0.6) is 5.75 Å². The van der Waals surface area contributed by atoms with E-state index in [2.05, 4.69) is 0 Å². The molecule has 1 fully saturated rings. The van der Waals surface area contributed by atoms with Crippen LogP contribution < -0.4 is 4.74 Å². The fourth-order valence-corrected chi connectivity index (χ4v) is 3.61. The molecular weight excluding hydrogens is 444 g/mol. The van der Waals surface area contributed by atoms with Crippen molar-refractivity contribution in [2.24, 2.45) is 0 Å². The van der Waals surface area contributed by atoms with Crippen molar-refractivity contribution in [2.45, 2.75) is 57.8 Å². The van der Waals surface area contributed by atoms with Crippen molar-refractivity contribution in [3.05, 3.63) is 65.7 Å². The lowest BCUT2D eigenvalue weighted by Crippen LogP contribution is -2.61. The first-order valence-electron chi connectivity index (χ1n) is 10.9. The van der Waals surface area contributed by atoms with Crippen LogP contribution in [0.3, 0.4) is 0 Å². The van der Waals surface area contributed by atoms with E-state index in [1.165, 1.54) is 13.8 Å². The van der Waals surface area contributed by atoms with Crippen LogP contribution in [0.4, 0.5) is 0 Å². The Balaban J connectivity index is 1.81. The van der Waals surface area contributed by atoms with Crippen molar-refractivity contribution in [3.8, 4) is 5.75 Å². The van der Waals surface area contributed by atoms with Gasteiger partial charge in [0, 0.05) is 13.8 Å². The second-order valence-corrected chi connectivity index (χ2v) is 7.83. The molecule has 0 aromatic heterocycles. The minimum Gasteiger partial charge on any atom is -0.497 e. The second-order valence-electron chi connectivity index (χ2n) is 7.83. The molecule has 9 nitrogen and oxygen atoms in total. The molecule has 0 spiro atoms. The molecule has 2 aromatic rings. The van der Waals surface area contributed by atoms with Crippen molar-refractivity contribution in [1.82, 2.24) is 0 Å². The van der Waals surface area contributed by atoms with Crippen LogP contribution in [0.2, 0.25) is 0 Å². The molecule has 0 saturated carbocycles. The fraction of sp³-hybridized carbons (Fsp3) is 0.440. The van der Waals surface area contributed by atoms with Crippen molar-refractivity contribution in [1.29, 1.82) is 0 Å². The fourth-order valence-electron chi connectivity index (χ4n) is 3.61. The van der Waals surface area contributed by atoms with E-state index >= 15 is 0 Å². The molecule has 0 unspecified atom stereocenters. The van der Waals surface area contributed by atoms with E-state index in [4.69, 9.17) is 28.4 Å². The molecule has 34 heavy (non-hydrogen) atoms. The van der Waals surface area contributed by atoms with Crippen molar-refractivity contribution in [2.75, 3.05) is 13.7 Å². The number of carbonyl (C=O) groups is 2. The average molecular weight is 475 g/mol. The molecule has 0 bridgehead atoms. The minimum absolute atomic E-state index is 0.141. The maximum absolute atomic E-state index is 11.9. The molecule has 2 aromatic carbocycles. The standard InChI is InChI=1S/C25H30O9/c1-16(26)30-15-21-22(33-17(2)27)23(31-13-18-7-5-4-6-8-18)24(25(28)34-21)32-14-19-9-11-20(29-3)12-10-19/h4-12,21-25,28H,13-15H2,1-3H3/t21-,22+,23+,24-,25-/m1/s1. The van der Waals surface area contributed by atoms with E-state index in [1.807, 2.05) is 42.5 Å². The number of aliphatic hydroxyl groups is 1. The highest BCUT2D eigenvalue weighted by Gasteiger charge is 2.49. The Labute approximate surface area is 198 Å². The number of esters is 2. The summed E-state index contributed by atoms with van der Waals surface area (Å²) in [6.07, 6.45) is -5.21. The Hall–Kier alpha value is -2.98. The van der Waals surface area contributed by atoms with Crippen LogP contribution >= 0.6 is 0 Å². The highest BCUT2D eigenvalue weighted by Crippen LogP contribution is 2.29. The van der Waals surface area contributed by atoms with Gasteiger partial charge in [-0.25, -0.2) is 0 Å². The van der Waals surface area contributed by atoms with Crippen molar-refractivity contribution < 1.29 is 43.1 Å². The summed E-state index contributed by atoms with van der Waals surface area (Å²) in [6, 6.07) is 16.7. The summed E-state index contributed by atoms with van der Waals surface area (Å²) >= 11 is 0. The zero-order valence-corrected chi connectivity index (χ0v) is 19.4. The van der Waals surface area contributed by atoms with Crippen LogP contribution in [0, 0.1) is 0 Å². The number of hydrogen-bond donors (Lipinski definition) is 1. The lowest BCUT2D eigenvalue weighted by molar-refractivity contribution is -0.309. The second kappa shape index (κ2) is 12.5. The van der Waals surface area contributed by atoms with E-state index < -0.39 is 42.6 Å². The summed E-state index contributed by atoms with van der Waals surface area (Å²) in [6.45, 7) is 2.61. The maximum atomic E-state index is 11.9. The van der Waals surface area contributed by atoms with Gasteiger partial charge in [0.15, 0.2) is 12.4 Å². The average Bonchev–Trinajstić information content (AvgIpc) is 2.82. The molecule has 1 aliphatic rings. The summed E-state index contributed by atoms with van der Waals surface area (Å²) in [5.41, 5.74) is 1.72. The first-order valence-corrected chi connectivity index (χ1v) is 10.9. The molecule has 9 heteroatoms. The normalized spacial score (nSPS) is 24.3. The number of ether oxygens (including phenoxy) is 6. The predicted octanol–water partition coefficient (Wildman–Crippen LogP) is 2.38.